The molecule has 0 radical (unpaired) electrons. The standard InChI is InChI=1S/C30H24F3N3O3/c1-16-12-17(2)14-21(13-16)36-28(38)23-24(29(36)39)26(35-11-10-18-6-3-4-9-22(18)25(23)35)27(37)34-20-8-5-7-19(15-20)30(31,32)33/h3-15,23-26H,1-2H3,(H,34,37)/t23-,24+,25?,26-/m0/s1. The maximum absolute atomic E-state index is 14.0. The molecule has 3 heterocycles. The second-order valence-corrected chi connectivity index (χ2v) is 10.3. The van der Waals surface area contributed by atoms with E-state index in [4.69, 9.17) is 0 Å². The molecule has 0 aromatic heterocycles. The van der Waals surface area contributed by atoms with Crippen molar-refractivity contribution in [2.24, 2.45) is 11.8 Å². The Kier molecular flexibility index (Phi) is 5.64. The van der Waals surface area contributed by atoms with E-state index in [9.17, 15) is 27.6 Å². The number of carbonyl (C=O) groups is 3. The average Bonchev–Trinajstić information content (AvgIpc) is 3.35. The molecule has 0 bridgehead atoms. The Labute approximate surface area is 222 Å². The van der Waals surface area contributed by atoms with Crippen LogP contribution in [0.2, 0.25) is 0 Å². The Morgan fingerprint density at radius 3 is 2.28 bits per heavy atom. The number of hydrogen-bond donors (Lipinski definition) is 1. The molecule has 6 nitrogen and oxygen atoms in total. The summed E-state index contributed by atoms with van der Waals surface area (Å²) in [5.74, 6) is -3.42. The number of alkyl halides is 3. The smallest absolute Gasteiger partial charge is 0.357 e. The summed E-state index contributed by atoms with van der Waals surface area (Å²) in [4.78, 5) is 44.5. The van der Waals surface area contributed by atoms with Gasteiger partial charge >= 0.3 is 6.18 Å². The lowest BCUT2D eigenvalue weighted by Gasteiger charge is -2.35. The quantitative estimate of drug-likeness (QED) is 0.455. The van der Waals surface area contributed by atoms with Crippen LogP contribution in [0.15, 0.2) is 72.9 Å². The van der Waals surface area contributed by atoms with Gasteiger partial charge in [-0.3, -0.25) is 14.4 Å². The van der Waals surface area contributed by atoms with Crippen LogP contribution in [0.1, 0.15) is 33.9 Å². The normalized spacial score (nSPS) is 23.5. The van der Waals surface area contributed by atoms with E-state index in [-0.39, 0.29) is 5.69 Å². The first kappa shape index (κ1) is 24.9. The summed E-state index contributed by atoms with van der Waals surface area (Å²) in [7, 11) is 0. The zero-order valence-corrected chi connectivity index (χ0v) is 21.1. The number of halogens is 3. The Morgan fingerprint density at radius 1 is 0.872 bits per heavy atom. The minimum atomic E-state index is -4.58. The highest BCUT2D eigenvalue weighted by molar-refractivity contribution is 6.24. The second kappa shape index (κ2) is 8.83. The predicted molar refractivity (Wildman–Crippen MR) is 139 cm³/mol. The summed E-state index contributed by atoms with van der Waals surface area (Å²) >= 11 is 0. The second-order valence-electron chi connectivity index (χ2n) is 10.3. The molecule has 2 fully saturated rings. The van der Waals surface area contributed by atoms with E-state index in [1.807, 2.05) is 50.3 Å². The molecule has 1 N–H and O–H groups in total. The minimum Gasteiger partial charge on any atom is -0.357 e. The van der Waals surface area contributed by atoms with Crippen LogP contribution in [0.3, 0.4) is 0 Å². The van der Waals surface area contributed by atoms with Crippen molar-refractivity contribution < 1.29 is 27.6 Å². The molecule has 3 aliphatic rings. The van der Waals surface area contributed by atoms with Crippen LogP contribution in [0.5, 0.6) is 0 Å². The lowest BCUT2D eigenvalue weighted by Crippen LogP contribution is -2.46. The van der Waals surface area contributed by atoms with Crippen LogP contribution >= 0.6 is 0 Å². The zero-order valence-electron chi connectivity index (χ0n) is 21.1. The Balaban J connectivity index is 1.43. The van der Waals surface area contributed by atoms with Crippen LogP contribution in [-0.2, 0) is 20.6 Å². The van der Waals surface area contributed by atoms with Crippen molar-refractivity contribution in [1.29, 1.82) is 0 Å². The van der Waals surface area contributed by atoms with Gasteiger partial charge in [0, 0.05) is 11.9 Å². The lowest BCUT2D eigenvalue weighted by atomic mass is 9.84. The molecule has 6 rings (SSSR count). The van der Waals surface area contributed by atoms with Gasteiger partial charge in [-0.25, -0.2) is 4.90 Å². The Morgan fingerprint density at radius 2 is 1.56 bits per heavy atom. The summed E-state index contributed by atoms with van der Waals surface area (Å²) in [6, 6.07) is 15.6. The number of nitrogens with one attached hydrogen (secondary N) is 1. The number of aryl methyl sites for hydroxylation is 2. The number of anilines is 2. The molecule has 4 atom stereocenters. The molecule has 3 amide bonds. The first-order valence-corrected chi connectivity index (χ1v) is 12.5. The molecule has 0 saturated carbocycles. The number of rotatable bonds is 3. The SMILES string of the molecule is Cc1cc(C)cc(N2C(=O)[C@@H]3[C@H](C2=O)C2c4ccccc4C=CN2[C@@H]3C(=O)Nc2cccc(C(F)(F)F)c2)c1. The van der Waals surface area contributed by atoms with Crippen molar-refractivity contribution in [1.82, 2.24) is 4.90 Å². The number of nitrogens with zero attached hydrogens (tertiary/aromatic N) is 2. The van der Waals surface area contributed by atoms with Crippen molar-refractivity contribution in [2.75, 3.05) is 10.2 Å². The number of benzene rings is 3. The maximum Gasteiger partial charge on any atom is 0.416 e. The number of hydrogen-bond acceptors (Lipinski definition) is 4. The number of carbonyl (C=O) groups excluding carboxylic acids is 3. The number of amides is 3. The van der Waals surface area contributed by atoms with Gasteiger partial charge in [-0.05, 0) is 72.5 Å². The first-order valence-electron chi connectivity index (χ1n) is 12.5. The molecular weight excluding hydrogens is 507 g/mol. The third kappa shape index (κ3) is 4.00. The van der Waals surface area contributed by atoms with E-state index in [0.29, 0.717) is 5.69 Å². The topological polar surface area (TPSA) is 69.7 Å². The van der Waals surface area contributed by atoms with Crippen LogP contribution < -0.4 is 10.2 Å². The largest absolute Gasteiger partial charge is 0.416 e. The van der Waals surface area contributed by atoms with E-state index in [2.05, 4.69) is 5.32 Å². The molecule has 39 heavy (non-hydrogen) atoms. The lowest BCUT2D eigenvalue weighted by molar-refractivity contribution is -0.137. The molecule has 198 valence electrons. The van der Waals surface area contributed by atoms with E-state index in [0.717, 1.165) is 39.3 Å². The summed E-state index contributed by atoms with van der Waals surface area (Å²) < 4.78 is 39.8. The monoisotopic (exact) mass is 531 g/mol. The van der Waals surface area contributed by atoms with Crippen molar-refractivity contribution in [2.45, 2.75) is 32.1 Å². The van der Waals surface area contributed by atoms with Crippen LogP contribution in [-0.4, -0.2) is 28.7 Å². The maximum atomic E-state index is 14.0. The highest BCUT2D eigenvalue weighted by atomic mass is 19.4. The molecule has 2 saturated heterocycles. The molecule has 3 aliphatic heterocycles. The summed E-state index contributed by atoms with van der Waals surface area (Å²) in [5.41, 5.74) is 2.96. The molecule has 1 unspecified atom stereocenters. The van der Waals surface area contributed by atoms with Gasteiger partial charge in [0.05, 0.1) is 29.1 Å². The Hall–Kier alpha value is -4.40. The van der Waals surface area contributed by atoms with E-state index in [1.165, 1.54) is 12.1 Å². The number of imide groups is 1. The summed E-state index contributed by atoms with van der Waals surface area (Å²) in [6.07, 6.45) is -1.07. The van der Waals surface area contributed by atoms with Gasteiger partial charge in [0.2, 0.25) is 17.7 Å². The number of fused-ring (bicyclic) bond motifs is 5. The fourth-order valence-corrected chi connectivity index (χ4v) is 6.18. The minimum absolute atomic E-state index is 0.0425. The first-order chi connectivity index (χ1) is 18.5. The van der Waals surface area contributed by atoms with Crippen molar-refractivity contribution in [3.63, 3.8) is 0 Å². The third-order valence-corrected chi connectivity index (χ3v) is 7.65. The van der Waals surface area contributed by atoms with Gasteiger partial charge in [-0.2, -0.15) is 13.2 Å². The van der Waals surface area contributed by atoms with E-state index in [1.54, 1.807) is 23.2 Å². The average molecular weight is 532 g/mol. The summed E-state index contributed by atoms with van der Waals surface area (Å²) in [6.45, 7) is 3.75. The van der Waals surface area contributed by atoms with Gasteiger partial charge in [-0.1, -0.05) is 36.4 Å². The summed E-state index contributed by atoms with van der Waals surface area (Å²) in [5, 5.41) is 2.58. The van der Waals surface area contributed by atoms with Crippen molar-refractivity contribution in [3.8, 4) is 0 Å². The zero-order chi connectivity index (χ0) is 27.6. The highest BCUT2D eigenvalue weighted by Crippen LogP contribution is 2.53. The van der Waals surface area contributed by atoms with Crippen LogP contribution in [0.4, 0.5) is 24.5 Å². The van der Waals surface area contributed by atoms with Gasteiger partial charge in [0.15, 0.2) is 0 Å². The fraction of sp³-hybridized carbons (Fsp3) is 0.233. The van der Waals surface area contributed by atoms with Gasteiger partial charge in [0.25, 0.3) is 0 Å². The molecule has 3 aromatic rings. The molecular formula is C30H24F3N3O3. The molecule has 0 spiro atoms. The van der Waals surface area contributed by atoms with E-state index >= 15 is 0 Å². The van der Waals surface area contributed by atoms with Crippen molar-refractivity contribution in [3.05, 3.63) is 101 Å². The highest BCUT2D eigenvalue weighted by Gasteiger charge is 2.64. The van der Waals surface area contributed by atoms with Crippen LogP contribution in [0.25, 0.3) is 6.08 Å². The molecule has 3 aromatic carbocycles. The predicted octanol–water partition coefficient (Wildman–Crippen LogP) is 5.48. The van der Waals surface area contributed by atoms with Gasteiger partial charge in [-0.15, -0.1) is 0 Å². The van der Waals surface area contributed by atoms with E-state index < -0.39 is 53.4 Å². The fourth-order valence-electron chi connectivity index (χ4n) is 6.18. The third-order valence-electron chi connectivity index (χ3n) is 7.65. The molecule has 9 heteroatoms. The van der Waals surface area contributed by atoms with Gasteiger partial charge in [0.1, 0.15) is 6.04 Å². The van der Waals surface area contributed by atoms with Crippen molar-refractivity contribution >= 4 is 35.2 Å². The van der Waals surface area contributed by atoms with Gasteiger partial charge < -0.3 is 10.2 Å². The molecule has 0 aliphatic carbocycles. The Bertz CT molecular complexity index is 1540. The van der Waals surface area contributed by atoms with Crippen LogP contribution in [0, 0.1) is 25.7 Å².